The molecule has 0 saturated heterocycles. The largest absolute Gasteiger partial charge is 0.380 e. The van der Waals surface area contributed by atoms with Gasteiger partial charge in [0.15, 0.2) is 0 Å². The summed E-state index contributed by atoms with van der Waals surface area (Å²) in [6, 6.07) is 20.2. The molecule has 1 unspecified atom stereocenters. The molecule has 2 heteroatoms. The van der Waals surface area contributed by atoms with Crippen LogP contribution in [0.15, 0.2) is 60.7 Å². The molecule has 0 spiro atoms. The number of benzene rings is 2. The molecule has 0 aromatic heterocycles. The molecule has 0 bridgehead atoms. The molecule has 0 aliphatic carbocycles. The lowest BCUT2D eigenvalue weighted by Crippen LogP contribution is -2.42. The molecule has 2 aromatic rings. The maximum atomic E-state index is 11.8. The van der Waals surface area contributed by atoms with Gasteiger partial charge in [-0.3, -0.25) is 0 Å². The minimum absolute atomic E-state index is 0.0976. The molecule has 1 atom stereocenters. The van der Waals surface area contributed by atoms with Crippen LogP contribution in [-0.2, 0) is 5.60 Å². The standard InChI is InChI=1S/C22H31NO/c1-4-16-23(17-5-2)18-19(3)22(24,20-12-8-6-9-13-20)21-14-10-7-11-15-21/h6-15,19,24H,4-5,16-18H2,1-3H3. The van der Waals surface area contributed by atoms with Crippen LogP contribution in [0.4, 0.5) is 0 Å². The summed E-state index contributed by atoms with van der Waals surface area (Å²) in [5, 5.41) is 11.8. The van der Waals surface area contributed by atoms with Crippen molar-refractivity contribution in [1.29, 1.82) is 0 Å². The van der Waals surface area contributed by atoms with Gasteiger partial charge in [-0.1, -0.05) is 81.4 Å². The van der Waals surface area contributed by atoms with Gasteiger partial charge in [0.1, 0.15) is 5.60 Å². The SMILES string of the molecule is CCCN(CCC)CC(C)C(O)(c1ccccc1)c1ccccc1. The monoisotopic (exact) mass is 325 g/mol. The molecule has 0 aliphatic rings. The first-order chi connectivity index (χ1) is 11.6. The van der Waals surface area contributed by atoms with E-state index in [4.69, 9.17) is 0 Å². The summed E-state index contributed by atoms with van der Waals surface area (Å²) < 4.78 is 0. The minimum Gasteiger partial charge on any atom is -0.380 e. The third-order valence-electron chi connectivity index (χ3n) is 4.75. The van der Waals surface area contributed by atoms with Crippen molar-refractivity contribution in [3.63, 3.8) is 0 Å². The number of rotatable bonds is 9. The second-order valence-corrected chi connectivity index (χ2v) is 6.70. The van der Waals surface area contributed by atoms with Gasteiger partial charge < -0.3 is 10.0 Å². The Bertz CT molecular complexity index is 536. The fraction of sp³-hybridized carbons (Fsp3) is 0.455. The van der Waals surface area contributed by atoms with Crippen LogP contribution < -0.4 is 0 Å². The minimum atomic E-state index is -0.970. The van der Waals surface area contributed by atoms with Crippen LogP contribution in [0.2, 0.25) is 0 Å². The molecule has 0 saturated carbocycles. The Labute approximate surface area is 147 Å². The Morgan fingerprint density at radius 2 is 1.25 bits per heavy atom. The third kappa shape index (κ3) is 4.25. The third-order valence-corrected chi connectivity index (χ3v) is 4.75. The van der Waals surface area contributed by atoms with E-state index in [-0.39, 0.29) is 5.92 Å². The lowest BCUT2D eigenvalue weighted by molar-refractivity contribution is 0.00732. The quantitative estimate of drug-likeness (QED) is 0.723. The summed E-state index contributed by atoms with van der Waals surface area (Å²) in [5.74, 6) is 0.0976. The van der Waals surface area contributed by atoms with Crippen molar-refractivity contribution in [2.24, 2.45) is 5.92 Å². The Kier molecular flexibility index (Phi) is 7.01. The highest BCUT2D eigenvalue weighted by Crippen LogP contribution is 2.37. The second-order valence-electron chi connectivity index (χ2n) is 6.70. The van der Waals surface area contributed by atoms with Crippen LogP contribution >= 0.6 is 0 Å². The van der Waals surface area contributed by atoms with E-state index < -0.39 is 5.60 Å². The Hall–Kier alpha value is -1.64. The zero-order chi connectivity index (χ0) is 17.4. The number of nitrogens with zero attached hydrogens (tertiary/aromatic N) is 1. The van der Waals surface area contributed by atoms with Crippen molar-refractivity contribution in [3.8, 4) is 0 Å². The lowest BCUT2D eigenvalue weighted by Gasteiger charge is -2.38. The number of hydrogen-bond acceptors (Lipinski definition) is 2. The number of aliphatic hydroxyl groups is 1. The van der Waals surface area contributed by atoms with Crippen LogP contribution in [0.3, 0.4) is 0 Å². The molecular weight excluding hydrogens is 294 g/mol. The van der Waals surface area contributed by atoms with Crippen molar-refractivity contribution in [1.82, 2.24) is 4.90 Å². The molecule has 0 fully saturated rings. The average molecular weight is 325 g/mol. The molecule has 24 heavy (non-hydrogen) atoms. The predicted octanol–water partition coefficient (Wildman–Crippen LogP) is 4.68. The first kappa shape index (κ1) is 18.7. The molecule has 0 radical (unpaired) electrons. The van der Waals surface area contributed by atoms with Gasteiger partial charge in [0.2, 0.25) is 0 Å². The molecule has 130 valence electrons. The van der Waals surface area contributed by atoms with Gasteiger partial charge in [0, 0.05) is 12.5 Å². The van der Waals surface area contributed by atoms with Gasteiger partial charge in [-0.05, 0) is 37.1 Å². The van der Waals surface area contributed by atoms with Crippen LogP contribution in [0.1, 0.15) is 44.7 Å². The Balaban J connectivity index is 2.36. The summed E-state index contributed by atoms with van der Waals surface area (Å²) in [5.41, 5.74) is 0.968. The highest BCUT2D eigenvalue weighted by Gasteiger charge is 2.38. The molecule has 0 heterocycles. The van der Waals surface area contributed by atoms with Crippen LogP contribution in [0, 0.1) is 5.92 Å². The lowest BCUT2D eigenvalue weighted by atomic mass is 9.76. The van der Waals surface area contributed by atoms with Crippen molar-refractivity contribution < 1.29 is 5.11 Å². The van der Waals surface area contributed by atoms with Gasteiger partial charge in [0.25, 0.3) is 0 Å². The Morgan fingerprint density at radius 3 is 1.62 bits per heavy atom. The van der Waals surface area contributed by atoms with E-state index in [1.54, 1.807) is 0 Å². The summed E-state index contributed by atoms with van der Waals surface area (Å²) in [6.07, 6.45) is 2.28. The van der Waals surface area contributed by atoms with Crippen LogP contribution in [-0.4, -0.2) is 29.6 Å². The fourth-order valence-electron chi connectivity index (χ4n) is 3.57. The summed E-state index contributed by atoms with van der Waals surface area (Å²) >= 11 is 0. The van der Waals surface area contributed by atoms with E-state index >= 15 is 0 Å². The summed E-state index contributed by atoms with van der Waals surface area (Å²) in [7, 11) is 0. The number of hydrogen-bond donors (Lipinski definition) is 1. The zero-order valence-electron chi connectivity index (χ0n) is 15.3. The normalized spacial score (nSPS) is 13.2. The average Bonchev–Trinajstić information content (AvgIpc) is 2.63. The van der Waals surface area contributed by atoms with E-state index in [1.165, 1.54) is 0 Å². The van der Waals surface area contributed by atoms with E-state index in [2.05, 4.69) is 25.7 Å². The van der Waals surface area contributed by atoms with Gasteiger partial charge in [-0.25, -0.2) is 0 Å². The van der Waals surface area contributed by atoms with Crippen molar-refractivity contribution >= 4 is 0 Å². The van der Waals surface area contributed by atoms with E-state index in [0.717, 1.165) is 43.6 Å². The molecule has 1 N–H and O–H groups in total. The zero-order valence-corrected chi connectivity index (χ0v) is 15.3. The van der Waals surface area contributed by atoms with Crippen molar-refractivity contribution in [2.45, 2.75) is 39.2 Å². The van der Waals surface area contributed by atoms with E-state index in [0.29, 0.717) is 0 Å². The highest BCUT2D eigenvalue weighted by atomic mass is 16.3. The molecular formula is C22H31NO. The second kappa shape index (κ2) is 9.00. The molecule has 2 rings (SSSR count). The molecule has 2 nitrogen and oxygen atoms in total. The summed E-state index contributed by atoms with van der Waals surface area (Å²) in [6.45, 7) is 9.65. The first-order valence-corrected chi connectivity index (χ1v) is 9.18. The molecule has 0 aliphatic heterocycles. The molecule has 0 amide bonds. The fourth-order valence-corrected chi connectivity index (χ4v) is 3.57. The van der Waals surface area contributed by atoms with Crippen molar-refractivity contribution in [3.05, 3.63) is 71.8 Å². The highest BCUT2D eigenvalue weighted by molar-refractivity contribution is 5.36. The van der Waals surface area contributed by atoms with Gasteiger partial charge in [-0.2, -0.15) is 0 Å². The van der Waals surface area contributed by atoms with Gasteiger partial charge in [0.05, 0.1) is 0 Å². The summed E-state index contributed by atoms with van der Waals surface area (Å²) in [4.78, 5) is 2.47. The molecule has 2 aromatic carbocycles. The van der Waals surface area contributed by atoms with E-state index in [9.17, 15) is 5.11 Å². The van der Waals surface area contributed by atoms with Gasteiger partial charge in [-0.15, -0.1) is 0 Å². The maximum Gasteiger partial charge on any atom is 0.118 e. The van der Waals surface area contributed by atoms with Gasteiger partial charge >= 0.3 is 0 Å². The van der Waals surface area contributed by atoms with Crippen molar-refractivity contribution in [2.75, 3.05) is 19.6 Å². The van der Waals surface area contributed by atoms with Crippen LogP contribution in [0.5, 0.6) is 0 Å². The first-order valence-electron chi connectivity index (χ1n) is 9.18. The maximum absolute atomic E-state index is 11.8. The van der Waals surface area contributed by atoms with E-state index in [1.807, 2.05) is 60.7 Å². The topological polar surface area (TPSA) is 23.5 Å². The van der Waals surface area contributed by atoms with Crippen LogP contribution in [0.25, 0.3) is 0 Å². The Morgan fingerprint density at radius 1 is 0.833 bits per heavy atom. The predicted molar refractivity (Wildman–Crippen MR) is 102 cm³/mol. The smallest absolute Gasteiger partial charge is 0.118 e.